The molecule has 0 N–H and O–H groups in total. The summed E-state index contributed by atoms with van der Waals surface area (Å²) >= 11 is 5.79. The number of pyridine rings is 1. The molecule has 0 aromatic carbocycles. The molecule has 0 aliphatic rings. The Kier molecular flexibility index (Phi) is 4.26. The molecule has 1 aromatic heterocycles. The van der Waals surface area contributed by atoms with Crippen LogP contribution in [-0.4, -0.2) is 28.9 Å². The molecule has 0 bridgehead atoms. The molecule has 0 radical (unpaired) electrons. The van der Waals surface area contributed by atoms with E-state index >= 15 is 0 Å². The number of nitrogens with zero attached hydrogens (tertiary/aromatic N) is 4. The minimum Gasteiger partial charge on any atom is -0.312 e. The van der Waals surface area contributed by atoms with Gasteiger partial charge < -0.3 is 4.90 Å². The highest BCUT2D eigenvalue weighted by molar-refractivity contribution is 6.33. The number of carbonyl (C=O) groups is 1. The van der Waals surface area contributed by atoms with Gasteiger partial charge in [-0.05, 0) is 6.07 Å². The van der Waals surface area contributed by atoms with Gasteiger partial charge >= 0.3 is 0 Å². The fraction of sp³-hybridized carbons (Fsp3) is 0.200. The third-order valence-corrected chi connectivity index (χ3v) is 2.11. The van der Waals surface area contributed by atoms with Crippen molar-refractivity contribution < 1.29 is 4.79 Å². The van der Waals surface area contributed by atoms with Gasteiger partial charge in [0.05, 0.1) is 22.7 Å². The van der Waals surface area contributed by atoms with Crippen molar-refractivity contribution in [2.75, 3.05) is 13.1 Å². The highest BCUT2D eigenvalue weighted by Gasteiger charge is 2.17. The normalized spacial score (nSPS) is 8.94. The van der Waals surface area contributed by atoms with E-state index in [-0.39, 0.29) is 23.7 Å². The molecule has 0 aliphatic carbocycles. The van der Waals surface area contributed by atoms with Gasteiger partial charge in [0.15, 0.2) is 0 Å². The zero-order valence-corrected chi connectivity index (χ0v) is 8.98. The summed E-state index contributed by atoms with van der Waals surface area (Å²) in [7, 11) is 0. The number of hydrogen-bond donors (Lipinski definition) is 0. The second-order valence-corrected chi connectivity index (χ2v) is 3.24. The maximum atomic E-state index is 11.9. The highest BCUT2D eigenvalue weighted by atomic mass is 35.5. The summed E-state index contributed by atoms with van der Waals surface area (Å²) in [6.07, 6.45) is 2.77. The van der Waals surface area contributed by atoms with Gasteiger partial charge in [-0.1, -0.05) is 11.6 Å². The number of carbonyl (C=O) groups excluding carboxylic acids is 1. The Morgan fingerprint density at radius 1 is 1.44 bits per heavy atom. The van der Waals surface area contributed by atoms with E-state index in [1.165, 1.54) is 18.5 Å². The van der Waals surface area contributed by atoms with Crippen molar-refractivity contribution >= 4 is 17.5 Å². The van der Waals surface area contributed by atoms with Gasteiger partial charge in [0.1, 0.15) is 13.1 Å². The lowest BCUT2D eigenvalue weighted by atomic mass is 10.2. The second-order valence-electron chi connectivity index (χ2n) is 2.83. The predicted octanol–water partition coefficient (Wildman–Crippen LogP) is 1.22. The number of aromatic nitrogens is 1. The lowest BCUT2D eigenvalue weighted by Crippen LogP contribution is -2.32. The van der Waals surface area contributed by atoms with Crippen LogP contribution in [0.4, 0.5) is 0 Å². The summed E-state index contributed by atoms with van der Waals surface area (Å²) in [4.78, 5) is 16.7. The largest absolute Gasteiger partial charge is 0.312 e. The van der Waals surface area contributed by atoms with E-state index in [4.69, 9.17) is 22.1 Å². The molecule has 0 unspecified atom stereocenters. The molecular formula is C10H7ClN4O. The lowest BCUT2D eigenvalue weighted by molar-refractivity contribution is 0.0795. The fourth-order valence-electron chi connectivity index (χ4n) is 1.09. The van der Waals surface area contributed by atoms with Crippen LogP contribution in [0.2, 0.25) is 5.02 Å². The van der Waals surface area contributed by atoms with E-state index in [1.54, 1.807) is 0 Å². The van der Waals surface area contributed by atoms with Gasteiger partial charge in [-0.25, -0.2) is 0 Å². The highest BCUT2D eigenvalue weighted by Crippen LogP contribution is 2.15. The summed E-state index contributed by atoms with van der Waals surface area (Å²) in [6, 6.07) is 5.09. The van der Waals surface area contributed by atoms with Gasteiger partial charge in [0, 0.05) is 12.4 Å². The Morgan fingerprint density at radius 2 is 2.06 bits per heavy atom. The van der Waals surface area contributed by atoms with E-state index in [0.29, 0.717) is 0 Å². The summed E-state index contributed by atoms with van der Waals surface area (Å²) in [5.41, 5.74) is 0.238. The van der Waals surface area contributed by atoms with Crippen molar-refractivity contribution in [2.45, 2.75) is 0 Å². The minimum atomic E-state index is -0.449. The van der Waals surface area contributed by atoms with Gasteiger partial charge in [0.2, 0.25) is 0 Å². The van der Waals surface area contributed by atoms with Crippen LogP contribution in [0.25, 0.3) is 0 Å². The van der Waals surface area contributed by atoms with Crippen molar-refractivity contribution in [3.63, 3.8) is 0 Å². The number of rotatable bonds is 3. The van der Waals surface area contributed by atoms with Crippen molar-refractivity contribution in [3.8, 4) is 12.1 Å². The zero-order chi connectivity index (χ0) is 12.0. The summed E-state index contributed by atoms with van der Waals surface area (Å²) in [5, 5.41) is 17.3. The van der Waals surface area contributed by atoms with E-state index in [1.807, 2.05) is 12.1 Å². The van der Waals surface area contributed by atoms with Gasteiger partial charge in [-0.2, -0.15) is 10.5 Å². The Balaban J connectivity index is 2.96. The van der Waals surface area contributed by atoms with Crippen molar-refractivity contribution in [2.24, 2.45) is 0 Å². The lowest BCUT2D eigenvalue weighted by Gasteiger charge is -2.16. The van der Waals surface area contributed by atoms with E-state index in [2.05, 4.69) is 4.98 Å². The van der Waals surface area contributed by atoms with Crippen LogP contribution in [0.3, 0.4) is 0 Å². The molecule has 0 saturated carbocycles. The molecule has 80 valence electrons. The Bertz CT molecular complexity index is 458. The van der Waals surface area contributed by atoms with E-state index in [0.717, 1.165) is 4.90 Å². The number of halogens is 1. The Hall–Kier alpha value is -2.11. The maximum absolute atomic E-state index is 11.9. The molecule has 1 rings (SSSR count). The number of hydrogen-bond acceptors (Lipinski definition) is 4. The third kappa shape index (κ3) is 2.69. The molecule has 1 heterocycles. The first kappa shape index (κ1) is 12.0. The molecule has 1 amide bonds. The molecule has 6 heteroatoms. The van der Waals surface area contributed by atoms with Crippen molar-refractivity contribution in [3.05, 3.63) is 29.0 Å². The van der Waals surface area contributed by atoms with Gasteiger partial charge in [-0.3, -0.25) is 9.78 Å². The van der Waals surface area contributed by atoms with Crippen LogP contribution >= 0.6 is 11.6 Å². The standard InChI is InChI=1S/C10H7ClN4O/c11-9-7-14-4-1-8(9)10(16)15(5-2-12)6-3-13/h1,4,7H,5-6H2. The summed E-state index contributed by atoms with van der Waals surface area (Å²) in [5.74, 6) is -0.449. The van der Waals surface area contributed by atoms with E-state index in [9.17, 15) is 4.79 Å². The number of amides is 1. The van der Waals surface area contributed by atoms with Crippen molar-refractivity contribution in [1.82, 2.24) is 9.88 Å². The van der Waals surface area contributed by atoms with Crippen LogP contribution in [0.1, 0.15) is 10.4 Å². The third-order valence-electron chi connectivity index (χ3n) is 1.81. The minimum absolute atomic E-state index is 0.148. The quantitative estimate of drug-likeness (QED) is 0.737. The van der Waals surface area contributed by atoms with Gasteiger partial charge in [-0.15, -0.1) is 0 Å². The SMILES string of the molecule is N#CCN(CC#N)C(=O)c1ccncc1Cl. The molecular weight excluding hydrogens is 228 g/mol. The molecule has 1 aromatic rings. The first-order valence-electron chi connectivity index (χ1n) is 4.33. The number of nitriles is 2. The van der Waals surface area contributed by atoms with E-state index < -0.39 is 5.91 Å². The first-order chi connectivity index (χ1) is 7.70. The van der Waals surface area contributed by atoms with Crippen LogP contribution in [0, 0.1) is 22.7 Å². The molecule has 0 fully saturated rings. The molecule has 0 spiro atoms. The molecule has 5 nitrogen and oxygen atoms in total. The fourth-order valence-corrected chi connectivity index (χ4v) is 1.29. The Morgan fingerprint density at radius 3 is 2.56 bits per heavy atom. The molecule has 0 saturated heterocycles. The van der Waals surface area contributed by atoms with Crippen LogP contribution in [0.15, 0.2) is 18.5 Å². The van der Waals surface area contributed by atoms with Gasteiger partial charge in [0.25, 0.3) is 5.91 Å². The maximum Gasteiger partial charge on any atom is 0.257 e. The zero-order valence-electron chi connectivity index (χ0n) is 8.22. The summed E-state index contributed by atoms with van der Waals surface area (Å²) in [6.45, 7) is -0.296. The van der Waals surface area contributed by atoms with Crippen LogP contribution < -0.4 is 0 Å². The van der Waals surface area contributed by atoms with Crippen LogP contribution in [0.5, 0.6) is 0 Å². The molecule has 16 heavy (non-hydrogen) atoms. The first-order valence-corrected chi connectivity index (χ1v) is 4.71. The van der Waals surface area contributed by atoms with Crippen LogP contribution in [-0.2, 0) is 0 Å². The topological polar surface area (TPSA) is 80.8 Å². The molecule has 0 atom stereocenters. The smallest absolute Gasteiger partial charge is 0.257 e. The molecule has 0 aliphatic heterocycles. The average Bonchev–Trinajstić information content (AvgIpc) is 2.28. The Labute approximate surface area is 97.5 Å². The van der Waals surface area contributed by atoms with Crippen molar-refractivity contribution in [1.29, 1.82) is 10.5 Å². The predicted molar refractivity (Wildman–Crippen MR) is 56.4 cm³/mol. The second kappa shape index (κ2) is 5.69. The monoisotopic (exact) mass is 234 g/mol. The summed E-state index contributed by atoms with van der Waals surface area (Å²) < 4.78 is 0. The average molecular weight is 235 g/mol.